The van der Waals surface area contributed by atoms with E-state index in [9.17, 15) is 9.59 Å². The first-order chi connectivity index (χ1) is 14.5. The van der Waals surface area contributed by atoms with Crippen molar-refractivity contribution in [2.45, 2.75) is 52.1 Å². The molecule has 2 amide bonds. The summed E-state index contributed by atoms with van der Waals surface area (Å²) in [7, 11) is 1.70. The molecule has 1 heterocycles. The number of amides is 2. The van der Waals surface area contributed by atoms with E-state index in [4.69, 9.17) is 9.47 Å². The van der Waals surface area contributed by atoms with Crippen LogP contribution in [0.4, 0.5) is 11.4 Å². The monoisotopic (exact) mass is 410 g/mol. The Labute approximate surface area is 178 Å². The Morgan fingerprint density at radius 1 is 1.10 bits per heavy atom. The second-order valence-electron chi connectivity index (χ2n) is 7.58. The van der Waals surface area contributed by atoms with E-state index in [0.29, 0.717) is 29.3 Å². The first kappa shape index (κ1) is 21.7. The number of unbranched alkanes of at least 4 members (excludes halogenated alkanes) is 4. The van der Waals surface area contributed by atoms with Gasteiger partial charge in [0.25, 0.3) is 11.8 Å². The van der Waals surface area contributed by atoms with Gasteiger partial charge in [-0.05, 0) is 55.8 Å². The number of rotatable bonds is 9. The van der Waals surface area contributed by atoms with Crippen LogP contribution in [0.5, 0.6) is 11.5 Å². The van der Waals surface area contributed by atoms with Gasteiger partial charge in [0.1, 0.15) is 11.5 Å². The van der Waals surface area contributed by atoms with Crippen molar-refractivity contribution in [3.05, 3.63) is 48.0 Å². The molecule has 0 fully saturated rings. The number of fused-ring (bicyclic) bond motifs is 1. The molecule has 30 heavy (non-hydrogen) atoms. The highest BCUT2D eigenvalue weighted by Gasteiger charge is 2.29. The average molecular weight is 411 g/mol. The van der Waals surface area contributed by atoms with Crippen LogP contribution in [0.25, 0.3) is 0 Å². The summed E-state index contributed by atoms with van der Waals surface area (Å²) >= 11 is 0. The summed E-state index contributed by atoms with van der Waals surface area (Å²) in [6.45, 7) is 4.61. The highest BCUT2D eigenvalue weighted by Crippen LogP contribution is 2.35. The average Bonchev–Trinajstić information content (AvgIpc) is 2.75. The normalized spacial score (nSPS) is 15.4. The first-order valence-electron chi connectivity index (χ1n) is 10.6. The van der Waals surface area contributed by atoms with E-state index in [2.05, 4.69) is 12.2 Å². The number of nitrogens with one attached hydrogen (secondary N) is 1. The summed E-state index contributed by atoms with van der Waals surface area (Å²) in [5, 5.41) is 2.87. The number of hydrogen-bond donors (Lipinski definition) is 1. The minimum atomic E-state index is -0.514. The quantitative estimate of drug-likeness (QED) is 0.589. The van der Waals surface area contributed by atoms with Gasteiger partial charge in [-0.1, -0.05) is 32.6 Å². The molecule has 0 spiro atoms. The molecule has 0 saturated carbocycles. The van der Waals surface area contributed by atoms with Gasteiger partial charge in [0.15, 0.2) is 6.10 Å². The zero-order valence-corrected chi connectivity index (χ0v) is 17.9. The standard InChI is InChI=1S/C24H30N2O4/c1-4-5-6-7-8-15-29-20-12-9-18(10-13-20)23(27)25-19-11-14-22-21(16-19)26(3)24(28)17(2)30-22/h9-14,16-17H,4-8,15H2,1-3H3,(H,25,27)/t17-/m1/s1. The van der Waals surface area contributed by atoms with Crippen LogP contribution in [0.15, 0.2) is 42.5 Å². The predicted molar refractivity (Wildman–Crippen MR) is 119 cm³/mol. The van der Waals surface area contributed by atoms with Crippen LogP contribution in [0, 0.1) is 0 Å². The van der Waals surface area contributed by atoms with Gasteiger partial charge in [0, 0.05) is 18.3 Å². The van der Waals surface area contributed by atoms with E-state index in [1.54, 1.807) is 49.2 Å². The third kappa shape index (κ3) is 5.32. The maximum absolute atomic E-state index is 12.6. The summed E-state index contributed by atoms with van der Waals surface area (Å²) in [5.41, 5.74) is 1.78. The molecule has 1 atom stereocenters. The SMILES string of the molecule is CCCCCCCOc1ccc(C(=O)Nc2ccc3c(c2)N(C)C(=O)[C@@H](C)O3)cc1. The Hall–Kier alpha value is -3.02. The second kappa shape index (κ2) is 10.1. The number of anilines is 2. The summed E-state index contributed by atoms with van der Waals surface area (Å²) in [5.74, 6) is 1.05. The van der Waals surface area contributed by atoms with Gasteiger partial charge in [0.05, 0.1) is 12.3 Å². The molecule has 6 nitrogen and oxygen atoms in total. The number of carbonyl (C=O) groups is 2. The number of likely N-dealkylation sites (N-methyl/N-ethyl adjacent to an activating group) is 1. The molecule has 6 heteroatoms. The van der Waals surface area contributed by atoms with Gasteiger partial charge in [-0.25, -0.2) is 0 Å². The molecule has 160 valence electrons. The smallest absolute Gasteiger partial charge is 0.267 e. The molecule has 2 aromatic rings. The fourth-order valence-electron chi connectivity index (χ4n) is 3.39. The molecule has 1 N–H and O–H groups in total. The number of hydrogen-bond acceptors (Lipinski definition) is 4. The van der Waals surface area contributed by atoms with E-state index < -0.39 is 6.10 Å². The van der Waals surface area contributed by atoms with Gasteiger partial charge >= 0.3 is 0 Å². The molecule has 1 aliphatic heterocycles. The summed E-state index contributed by atoms with van der Waals surface area (Å²) in [6, 6.07) is 12.4. The van der Waals surface area contributed by atoms with E-state index in [0.717, 1.165) is 12.2 Å². The highest BCUT2D eigenvalue weighted by atomic mass is 16.5. The second-order valence-corrected chi connectivity index (χ2v) is 7.58. The summed E-state index contributed by atoms with van der Waals surface area (Å²) in [6.07, 6.45) is 5.46. The topological polar surface area (TPSA) is 67.9 Å². The third-order valence-corrected chi connectivity index (χ3v) is 5.19. The van der Waals surface area contributed by atoms with E-state index in [1.165, 1.54) is 25.7 Å². The molecule has 3 rings (SSSR count). The highest BCUT2D eigenvalue weighted by molar-refractivity contribution is 6.05. The van der Waals surface area contributed by atoms with Crippen LogP contribution in [0.1, 0.15) is 56.3 Å². The zero-order valence-electron chi connectivity index (χ0n) is 17.9. The molecule has 0 radical (unpaired) electrons. The van der Waals surface area contributed by atoms with Crippen LogP contribution in [0.2, 0.25) is 0 Å². The Morgan fingerprint density at radius 2 is 1.83 bits per heavy atom. The largest absolute Gasteiger partial charge is 0.494 e. The molecule has 0 aromatic heterocycles. The van der Waals surface area contributed by atoms with Crippen molar-refractivity contribution in [1.82, 2.24) is 0 Å². The Kier molecular flexibility index (Phi) is 7.33. The van der Waals surface area contributed by atoms with Gasteiger partial charge in [-0.3, -0.25) is 9.59 Å². The first-order valence-corrected chi connectivity index (χ1v) is 10.6. The lowest BCUT2D eigenvalue weighted by Gasteiger charge is -2.30. The molecular formula is C24H30N2O4. The molecular weight excluding hydrogens is 380 g/mol. The number of ether oxygens (including phenoxy) is 2. The van der Waals surface area contributed by atoms with Crippen LogP contribution in [0.3, 0.4) is 0 Å². The van der Waals surface area contributed by atoms with Crippen molar-refractivity contribution >= 4 is 23.2 Å². The lowest BCUT2D eigenvalue weighted by Crippen LogP contribution is -2.41. The molecule has 0 saturated heterocycles. The van der Waals surface area contributed by atoms with Crippen molar-refractivity contribution in [3.8, 4) is 11.5 Å². The Morgan fingerprint density at radius 3 is 2.57 bits per heavy atom. The molecule has 0 unspecified atom stereocenters. The minimum Gasteiger partial charge on any atom is -0.494 e. The van der Waals surface area contributed by atoms with E-state index >= 15 is 0 Å². The Bertz CT molecular complexity index is 879. The van der Waals surface area contributed by atoms with Gasteiger partial charge in [-0.15, -0.1) is 0 Å². The predicted octanol–water partition coefficient (Wildman–Crippen LogP) is 5.03. The molecule has 0 aliphatic carbocycles. The van der Waals surface area contributed by atoms with Crippen LogP contribution in [-0.4, -0.2) is 31.6 Å². The van der Waals surface area contributed by atoms with Crippen molar-refractivity contribution in [3.63, 3.8) is 0 Å². The third-order valence-electron chi connectivity index (χ3n) is 5.19. The lowest BCUT2D eigenvalue weighted by atomic mass is 10.1. The number of carbonyl (C=O) groups excluding carboxylic acids is 2. The molecule has 0 bridgehead atoms. The van der Waals surface area contributed by atoms with Gasteiger partial charge in [-0.2, -0.15) is 0 Å². The van der Waals surface area contributed by atoms with Crippen LogP contribution >= 0.6 is 0 Å². The lowest BCUT2D eigenvalue weighted by molar-refractivity contribution is -0.125. The van der Waals surface area contributed by atoms with Gasteiger partial charge < -0.3 is 19.7 Å². The summed E-state index contributed by atoms with van der Waals surface area (Å²) < 4.78 is 11.4. The fourth-order valence-corrected chi connectivity index (χ4v) is 3.39. The maximum atomic E-state index is 12.6. The number of benzene rings is 2. The summed E-state index contributed by atoms with van der Waals surface area (Å²) in [4.78, 5) is 26.3. The van der Waals surface area contributed by atoms with Crippen LogP contribution in [-0.2, 0) is 4.79 Å². The molecule has 1 aliphatic rings. The fraction of sp³-hybridized carbons (Fsp3) is 0.417. The van der Waals surface area contributed by atoms with Crippen molar-refractivity contribution in [2.75, 3.05) is 23.9 Å². The van der Waals surface area contributed by atoms with Crippen LogP contribution < -0.4 is 19.7 Å². The van der Waals surface area contributed by atoms with Crippen molar-refractivity contribution in [1.29, 1.82) is 0 Å². The van der Waals surface area contributed by atoms with Gasteiger partial charge in [0.2, 0.25) is 0 Å². The zero-order chi connectivity index (χ0) is 21.5. The Balaban J connectivity index is 1.56. The maximum Gasteiger partial charge on any atom is 0.267 e. The van der Waals surface area contributed by atoms with E-state index in [-0.39, 0.29) is 11.8 Å². The molecule has 2 aromatic carbocycles. The number of nitrogens with zero attached hydrogens (tertiary/aromatic N) is 1. The van der Waals surface area contributed by atoms with E-state index in [1.807, 2.05) is 12.1 Å². The van der Waals surface area contributed by atoms with Crippen molar-refractivity contribution < 1.29 is 19.1 Å². The minimum absolute atomic E-state index is 0.119. The van der Waals surface area contributed by atoms with Crippen molar-refractivity contribution in [2.24, 2.45) is 0 Å².